The minimum absolute atomic E-state index is 0.122. The molecular weight excluding hydrogens is 294 g/mol. The molecule has 1 rings (SSSR count). The Balaban J connectivity index is 2.61. The van der Waals surface area contributed by atoms with E-state index in [-0.39, 0.29) is 17.9 Å². The topological polar surface area (TPSA) is 58.4 Å². The summed E-state index contributed by atoms with van der Waals surface area (Å²) in [5.41, 5.74) is 3.42. The lowest BCUT2D eigenvalue weighted by molar-refractivity contribution is -0.126. The van der Waals surface area contributed by atoms with Crippen molar-refractivity contribution in [3.05, 3.63) is 34.3 Å². The first kappa shape index (κ1) is 15.1. The van der Waals surface area contributed by atoms with Gasteiger partial charge in [0.2, 0.25) is 5.91 Å². The Morgan fingerprint density at radius 1 is 1.39 bits per heavy atom. The van der Waals surface area contributed by atoms with Crippen molar-refractivity contribution in [2.75, 3.05) is 7.05 Å². The summed E-state index contributed by atoms with van der Waals surface area (Å²) in [6, 6.07) is 8.30. The van der Waals surface area contributed by atoms with Crippen LogP contribution in [-0.2, 0) is 11.3 Å². The van der Waals surface area contributed by atoms with Gasteiger partial charge in [-0.25, -0.2) is 5.84 Å². The third-order valence-electron chi connectivity index (χ3n) is 3.32. The molecule has 0 aliphatic rings. The number of amides is 1. The van der Waals surface area contributed by atoms with Gasteiger partial charge in [0.05, 0.1) is 5.92 Å². The molecule has 18 heavy (non-hydrogen) atoms. The number of rotatable bonds is 5. The molecule has 4 nitrogen and oxygen atoms in total. The second-order valence-electron chi connectivity index (χ2n) is 4.58. The second-order valence-corrected chi connectivity index (χ2v) is 5.50. The number of nitrogens with two attached hydrogens (primary N) is 1. The van der Waals surface area contributed by atoms with Gasteiger partial charge in [0.1, 0.15) is 0 Å². The minimum atomic E-state index is -0.143. The van der Waals surface area contributed by atoms with Crippen LogP contribution in [-0.4, -0.2) is 23.9 Å². The molecule has 0 radical (unpaired) electrons. The Kier molecular flexibility index (Phi) is 5.78. The molecule has 100 valence electrons. The molecule has 0 saturated heterocycles. The van der Waals surface area contributed by atoms with Gasteiger partial charge in [0, 0.05) is 17.1 Å². The molecule has 2 atom stereocenters. The highest BCUT2D eigenvalue weighted by molar-refractivity contribution is 9.10. The van der Waals surface area contributed by atoms with Crippen LogP contribution in [0.4, 0.5) is 0 Å². The SMILES string of the molecule is CC(C(=O)NN)C(C)N(C)Cc1ccc(Br)cc1. The van der Waals surface area contributed by atoms with Crippen LogP contribution < -0.4 is 11.3 Å². The van der Waals surface area contributed by atoms with Gasteiger partial charge >= 0.3 is 0 Å². The van der Waals surface area contributed by atoms with E-state index >= 15 is 0 Å². The standard InChI is InChI=1S/C13H20BrN3O/c1-9(13(18)16-15)10(2)17(3)8-11-4-6-12(14)7-5-11/h4-7,9-10H,8,15H2,1-3H3,(H,16,18). The Morgan fingerprint density at radius 3 is 2.44 bits per heavy atom. The zero-order valence-electron chi connectivity index (χ0n) is 11.0. The van der Waals surface area contributed by atoms with Crippen molar-refractivity contribution in [3.8, 4) is 0 Å². The van der Waals surface area contributed by atoms with Crippen LogP contribution >= 0.6 is 15.9 Å². The van der Waals surface area contributed by atoms with E-state index in [1.807, 2.05) is 33.0 Å². The van der Waals surface area contributed by atoms with Gasteiger partial charge < -0.3 is 0 Å². The van der Waals surface area contributed by atoms with Crippen LogP contribution in [0.5, 0.6) is 0 Å². The highest BCUT2D eigenvalue weighted by atomic mass is 79.9. The van der Waals surface area contributed by atoms with Crippen LogP contribution in [0, 0.1) is 5.92 Å². The minimum Gasteiger partial charge on any atom is -0.299 e. The number of carbonyl (C=O) groups excluding carboxylic acids is 1. The van der Waals surface area contributed by atoms with Crippen molar-refractivity contribution >= 4 is 21.8 Å². The number of nitrogens with zero attached hydrogens (tertiary/aromatic N) is 1. The van der Waals surface area contributed by atoms with Gasteiger partial charge in [-0.15, -0.1) is 0 Å². The fourth-order valence-electron chi connectivity index (χ4n) is 1.75. The highest BCUT2D eigenvalue weighted by Crippen LogP contribution is 2.15. The van der Waals surface area contributed by atoms with Crippen molar-refractivity contribution in [1.29, 1.82) is 0 Å². The van der Waals surface area contributed by atoms with Gasteiger partial charge in [-0.1, -0.05) is 35.0 Å². The van der Waals surface area contributed by atoms with E-state index in [1.54, 1.807) is 0 Å². The molecule has 5 heteroatoms. The zero-order chi connectivity index (χ0) is 13.7. The summed E-state index contributed by atoms with van der Waals surface area (Å²) in [4.78, 5) is 13.6. The summed E-state index contributed by atoms with van der Waals surface area (Å²) >= 11 is 3.41. The van der Waals surface area contributed by atoms with Crippen molar-refractivity contribution in [3.63, 3.8) is 0 Å². The number of carbonyl (C=O) groups is 1. The van der Waals surface area contributed by atoms with Crippen molar-refractivity contribution < 1.29 is 4.79 Å². The first-order valence-corrected chi connectivity index (χ1v) is 6.70. The first-order valence-electron chi connectivity index (χ1n) is 5.91. The monoisotopic (exact) mass is 313 g/mol. The summed E-state index contributed by atoms with van der Waals surface area (Å²) in [6.07, 6.45) is 0. The van der Waals surface area contributed by atoms with E-state index in [0.29, 0.717) is 0 Å². The molecule has 0 fully saturated rings. The third-order valence-corrected chi connectivity index (χ3v) is 3.85. The summed E-state index contributed by atoms with van der Waals surface area (Å²) in [6.45, 7) is 4.71. The van der Waals surface area contributed by atoms with Gasteiger partial charge in [0.15, 0.2) is 0 Å². The lowest BCUT2D eigenvalue weighted by Crippen LogP contribution is -2.44. The first-order chi connectivity index (χ1) is 8.45. The predicted octanol–water partition coefficient (Wildman–Crippen LogP) is 1.90. The molecule has 0 aliphatic carbocycles. The molecule has 0 aromatic heterocycles. The normalized spacial score (nSPS) is 14.3. The molecule has 1 amide bonds. The third kappa shape index (κ3) is 4.08. The number of halogens is 1. The van der Waals surface area contributed by atoms with E-state index < -0.39 is 0 Å². The summed E-state index contributed by atoms with van der Waals surface area (Å²) < 4.78 is 1.07. The maximum Gasteiger partial charge on any atom is 0.238 e. The molecule has 0 saturated carbocycles. The largest absolute Gasteiger partial charge is 0.299 e. The molecule has 1 aromatic rings. The van der Waals surface area contributed by atoms with Crippen LogP contribution in [0.25, 0.3) is 0 Å². The highest BCUT2D eigenvalue weighted by Gasteiger charge is 2.22. The average Bonchev–Trinajstić information content (AvgIpc) is 2.38. The number of hydrogen-bond donors (Lipinski definition) is 2. The zero-order valence-corrected chi connectivity index (χ0v) is 12.6. The van der Waals surface area contributed by atoms with Crippen molar-refractivity contribution in [2.24, 2.45) is 11.8 Å². The molecule has 0 bridgehead atoms. The molecule has 1 aromatic carbocycles. The molecule has 3 N–H and O–H groups in total. The van der Waals surface area contributed by atoms with Gasteiger partial charge in [-0.05, 0) is 31.7 Å². The van der Waals surface area contributed by atoms with Crippen LogP contribution in [0.1, 0.15) is 19.4 Å². The van der Waals surface area contributed by atoms with E-state index in [9.17, 15) is 4.79 Å². The molecule has 0 aliphatic heterocycles. The Labute approximate surface area is 117 Å². The second kappa shape index (κ2) is 6.87. The maximum absolute atomic E-state index is 11.5. The van der Waals surface area contributed by atoms with Gasteiger partial charge in [-0.3, -0.25) is 15.1 Å². The number of hydrogen-bond acceptors (Lipinski definition) is 3. The molecule has 0 spiro atoms. The average molecular weight is 314 g/mol. The lowest BCUT2D eigenvalue weighted by Gasteiger charge is -2.28. The van der Waals surface area contributed by atoms with E-state index in [2.05, 4.69) is 38.4 Å². The van der Waals surface area contributed by atoms with Gasteiger partial charge in [0.25, 0.3) is 0 Å². The molecular formula is C13H20BrN3O. The fraction of sp³-hybridized carbons (Fsp3) is 0.462. The van der Waals surface area contributed by atoms with Crippen molar-refractivity contribution in [2.45, 2.75) is 26.4 Å². The van der Waals surface area contributed by atoms with Gasteiger partial charge in [-0.2, -0.15) is 0 Å². The number of hydrazine groups is 1. The number of nitrogens with one attached hydrogen (secondary N) is 1. The fourth-order valence-corrected chi connectivity index (χ4v) is 2.02. The van der Waals surface area contributed by atoms with E-state index in [0.717, 1.165) is 11.0 Å². The molecule has 2 unspecified atom stereocenters. The summed E-state index contributed by atoms with van der Waals surface area (Å²) in [5, 5.41) is 0. The quantitative estimate of drug-likeness (QED) is 0.496. The van der Waals surface area contributed by atoms with Crippen LogP contribution in [0.2, 0.25) is 0 Å². The summed E-state index contributed by atoms with van der Waals surface area (Å²) in [7, 11) is 2.01. The van der Waals surface area contributed by atoms with E-state index in [1.165, 1.54) is 5.56 Å². The molecule has 0 heterocycles. The summed E-state index contributed by atoms with van der Waals surface area (Å²) in [5.74, 6) is 4.88. The van der Waals surface area contributed by atoms with Crippen molar-refractivity contribution in [1.82, 2.24) is 10.3 Å². The van der Waals surface area contributed by atoms with Crippen LogP contribution in [0.15, 0.2) is 28.7 Å². The Morgan fingerprint density at radius 2 is 1.94 bits per heavy atom. The van der Waals surface area contributed by atoms with Crippen LogP contribution in [0.3, 0.4) is 0 Å². The number of benzene rings is 1. The van der Waals surface area contributed by atoms with E-state index in [4.69, 9.17) is 5.84 Å². The predicted molar refractivity (Wildman–Crippen MR) is 76.6 cm³/mol. The maximum atomic E-state index is 11.5. The lowest BCUT2D eigenvalue weighted by atomic mass is 10.0. The Bertz CT molecular complexity index is 394. The Hall–Kier alpha value is -0.910. The smallest absolute Gasteiger partial charge is 0.238 e.